The van der Waals surface area contributed by atoms with Crippen LogP contribution in [0.25, 0.3) is 11.3 Å². The molecule has 2 aromatic rings. The zero-order valence-corrected chi connectivity index (χ0v) is 10.0. The second-order valence-corrected chi connectivity index (χ2v) is 4.09. The third-order valence-electron chi connectivity index (χ3n) is 2.05. The van der Waals surface area contributed by atoms with E-state index in [4.69, 9.17) is 9.26 Å². The van der Waals surface area contributed by atoms with Gasteiger partial charge < -0.3 is 9.26 Å². The van der Waals surface area contributed by atoms with E-state index in [1.807, 2.05) is 31.2 Å². The predicted molar refractivity (Wildman–Crippen MR) is 60.9 cm³/mol. The highest BCUT2D eigenvalue weighted by molar-refractivity contribution is 9.10. The zero-order chi connectivity index (χ0) is 10.8. The Kier molecular flexibility index (Phi) is 2.77. The summed E-state index contributed by atoms with van der Waals surface area (Å²) in [6, 6.07) is 7.63. The van der Waals surface area contributed by atoms with E-state index >= 15 is 0 Å². The molecule has 78 valence electrons. The van der Waals surface area contributed by atoms with E-state index in [-0.39, 0.29) is 0 Å². The molecule has 0 bridgehead atoms. The van der Waals surface area contributed by atoms with E-state index in [1.165, 1.54) is 0 Å². The number of methoxy groups -OCH3 is 1. The number of halogens is 1. The maximum atomic E-state index is 5.26. The Morgan fingerprint density at radius 3 is 2.73 bits per heavy atom. The lowest BCUT2D eigenvalue weighted by atomic mass is 10.1. The minimum atomic E-state index is 0.714. The standard InChI is InChI=1S/C11H10BrNO2/c1-7-5-11(15-13-7)9-6-8(12)3-4-10(9)14-2/h3-6H,1-2H3. The molecule has 0 saturated carbocycles. The first kappa shape index (κ1) is 10.2. The van der Waals surface area contributed by atoms with Crippen molar-refractivity contribution in [2.75, 3.05) is 7.11 Å². The van der Waals surface area contributed by atoms with Crippen LogP contribution in [0.4, 0.5) is 0 Å². The Morgan fingerprint density at radius 1 is 1.33 bits per heavy atom. The van der Waals surface area contributed by atoms with Crippen molar-refractivity contribution < 1.29 is 9.26 Å². The highest BCUT2D eigenvalue weighted by Crippen LogP contribution is 2.32. The lowest BCUT2D eigenvalue weighted by Crippen LogP contribution is -1.86. The quantitative estimate of drug-likeness (QED) is 0.837. The Morgan fingerprint density at radius 2 is 2.13 bits per heavy atom. The van der Waals surface area contributed by atoms with Gasteiger partial charge in [0.2, 0.25) is 0 Å². The predicted octanol–water partition coefficient (Wildman–Crippen LogP) is 3.42. The second kappa shape index (κ2) is 4.06. The Balaban J connectivity index is 2.55. The van der Waals surface area contributed by atoms with Crippen molar-refractivity contribution in [2.24, 2.45) is 0 Å². The van der Waals surface area contributed by atoms with E-state index in [0.29, 0.717) is 5.76 Å². The summed E-state index contributed by atoms with van der Waals surface area (Å²) in [5.74, 6) is 1.49. The molecule has 1 aromatic carbocycles. The number of aromatic nitrogens is 1. The fraction of sp³-hybridized carbons (Fsp3) is 0.182. The van der Waals surface area contributed by atoms with Crippen LogP contribution < -0.4 is 4.74 Å². The molecule has 0 unspecified atom stereocenters. The molecule has 0 fully saturated rings. The number of aryl methyl sites for hydroxylation is 1. The molecule has 0 radical (unpaired) electrons. The van der Waals surface area contributed by atoms with Crippen LogP contribution in [0.3, 0.4) is 0 Å². The van der Waals surface area contributed by atoms with Gasteiger partial charge >= 0.3 is 0 Å². The van der Waals surface area contributed by atoms with Crippen LogP contribution in [0.1, 0.15) is 5.69 Å². The van der Waals surface area contributed by atoms with Crippen LogP contribution in [0.5, 0.6) is 5.75 Å². The monoisotopic (exact) mass is 267 g/mol. The molecule has 4 heteroatoms. The van der Waals surface area contributed by atoms with Crippen LogP contribution in [0.15, 0.2) is 33.3 Å². The summed E-state index contributed by atoms with van der Waals surface area (Å²) in [6.07, 6.45) is 0. The average Bonchev–Trinajstić information content (AvgIpc) is 2.65. The van der Waals surface area contributed by atoms with Gasteiger partial charge in [0.1, 0.15) is 5.75 Å². The van der Waals surface area contributed by atoms with Crippen molar-refractivity contribution in [1.82, 2.24) is 5.16 Å². The number of hydrogen-bond donors (Lipinski definition) is 0. The van der Waals surface area contributed by atoms with Crippen molar-refractivity contribution in [3.63, 3.8) is 0 Å². The Hall–Kier alpha value is -1.29. The summed E-state index contributed by atoms with van der Waals surface area (Å²) >= 11 is 3.41. The van der Waals surface area contributed by atoms with Crippen LogP contribution >= 0.6 is 15.9 Å². The second-order valence-electron chi connectivity index (χ2n) is 3.18. The maximum absolute atomic E-state index is 5.26. The highest BCUT2D eigenvalue weighted by Gasteiger charge is 2.10. The normalized spacial score (nSPS) is 10.3. The third kappa shape index (κ3) is 2.04. The molecule has 0 spiro atoms. The van der Waals surface area contributed by atoms with Gasteiger partial charge in [-0.15, -0.1) is 0 Å². The SMILES string of the molecule is COc1ccc(Br)cc1-c1cc(C)no1. The van der Waals surface area contributed by atoms with Gasteiger partial charge in [0, 0.05) is 10.5 Å². The minimum absolute atomic E-state index is 0.714. The summed E-state index contributed by atoms with van der Waals surface area (Å²) in [5.41, 5.74) is 1.75. The zero-order valence-electron chi connectivity index (χ0n) is 8.45. The number of hydrogen-bond acceptors (Lipinski definition) is 3. The molecular weight excluding hydrogens is 258 g/mol. The summed E-state index contributed by atoms with van der Waals surface area (Å²) in [4.78, 5) is 0. The molecule has 15 heavy (non-hydrogen) atoms. The largest absolute Gasteiger partial charge is 0.496 e. The molecule has 0 saturated heterocycles. The minimum Gasteiger partial charge on any atom is -0.496 e. The van der Waals surface area contributed by atoms with Crippen molar-refractivity contribution in [3.8, 4) is 17.1 Å². The van der Waals surface area contributed by atoms with Gasteiger partial charge in [0.15, 0.2) is 5.76 Å². The summed E-state index contributed by atoms with van der Waals surface area (Å²) < 4.78 is 11.4. The lowest BCUT2D eigenvalue weighted by Gasteiger charge is -2.05. The van der Waals surface area contributed by atoms with Crippen molar-refractivity contribution >= 4 is 15.9 Å². The van der Waals surface area contributed by atoms with Crippen LogP contribution in [0.2, 0.25) is 0 Å². The molecule has 1 heterocycles. The molecule has 0 amide bonds. The number of benzene rings is 1. The first-order valence-electron chi connectivity index (χ1n) is 4.48. The van der Waals surface area contributed by atoms with Crippen molar-refractivity contribution in [2.45, 2.75) is 6.92 Å². The Bertz CT molecular complexity index is 479. The van der Waals surface area contributed by atoms with E-state index in [9.17, 15) is 0 Å². The molecule has 0 aliphatic rings. The number of nitrogens with zero attached hydrogens (tertiary/aromatic N) is 1. The molecule has 0 aliphatic heterocycles. The summed E-state index contributed by atoms with van der Waals surface area (Å²) in [6.45, 7) is 1.89. The summed E-state index contributed by atoms with van der Waals surface area (Å²) in [5, 5.41) is 3.85. The molecular formula is C11H10BrNO2. The number of rotatable bonds is 2. The smallest absolute Gasteiger partial charge is 0.170 e. The highest BCUT2D eigenvalue weighted by atomic mass is 79.9. The van der Waals surface area contributed by atoms with Crippen molar-refractivity contribution in [1.29, 1.82) is 0 Å². The fourth-order valence-electron chi connectivity index (χ4n) is 1.36. The summed E-state index contributed by atoms with van der Waals surface area (Å²) in [7, 11) is 1.63. The van der Waals surface area contributed by atoms with Crippen molar-refractivity contribution in [3.05, 3.63) is 34.4 Å². The van der Waals surface area contributed by atoms with E-state index < -0.39 is 0 Å². The van der Waals surface area contributed by atoms with E-state index in [0.717, 1.165) is 21.5 Å². The van der Waals surface area contributed by atoms with Gasteiger partial charge in [0.05, 0.1) is 18.4 Å². The van der Waals surface area contributed by atoms with Crippen LogP contribution in [-0.2, 0) is 0 Å². The molecule has 0 N–H and O–H groups in total. The molecule has 0 aliphatic carbocycles. The first-order chi connectivity index (χ1) is 7.20. The number of ether oxygens (including phenoxy) is 1. The third-order valence-corrected chi connectivity index (χ3v) is 2.55. The first-order valence-corrected chi connectivity index (χ1v) is 5.27. The topological polar surface area (TPSA) is 35.3 Å². The molecule has 2 rings (SSSR count). The van der Waals surface area contributed by atoms with Gasteiger partial charge in [-0.3, -0.25) is 0 Å². The van der Waals surface area contributed by atoms with Gasteiger partial charge in [0.25, 0.3) is 0 Å². The van der Waals surface area contributed by atoms with Gasteiger partial charge in [-0.25, -0.2) is 0 Å². The van der Waals surface area contributed by atoms with Gasteiger partial charge in [-0.1, -0.05) is 21.1 Å². The van der Waals surface area contributed by atoms with E-state index in [2.05, 4.69) is 21.1 Å². The van der Waals surface area contributed by atoms with Gasteiger partial charge in [-0.05, 0) is 25.1 Å². The molecule has 1 aromatic heterocycles. The Labute approximate surface area is 96.2 Å². The average molecular weight is 268 g/mol. The fourth-order valence-corrected chi connectivity index (χ4v) is 1.72. The van der Waals surface area contributed by atoms with Crippen LogP contribution in [-0.4, -0.2) is 12.3 Å². The maximum Gasteiger partial charge on any atom is 0.170 e. The lowest BCUT2D eigenvalue weighted by molar-refractivity contribution is 0.404. The molecule has 3 nitrogen and oxygen atoms in total. The molecule has 0 atom stereocenters. The van der Waals surface area contributed by atoms with E-state index in [1.54, 1.807) is 7.11 Å². The van der Waals surface area contributed by atoms with Gasteiger partial charge in [-0.2, -0.15) is 0 Å². The van der Waals surface area contributed by atoms with Crippen LogP contribution in [0, 0.1) is 6.92 Å².